The molecule has 1 heterocycles. The molecule has 2 aromatic rings. The monoisotopic (exact) mass is 295 g/mol. The van der Waals surface area contributed by atoms with Crippen molar-refractivity contribution in [2.24, 2.45) is 0 Å². The Labute approximate surface area is 122 Å². The van der Waals surface area contributed by atoms with Crippen molar-refractivity contribution in [3.63, 3.8) is 0 Å². The van der Waals surface area contributed by atoms with Crippen molar-refractivity contribution in [1.82, 2.24) is 5.32 Å². The van der Waals surface area contributed by atoms with Gasteiger partial charge in [-0.2, -0.15) is 0 Å². The average molecular weight is 295 g/mol. The molecule has 0 saturated carbocycles. The summed E-state index contributed by atoms with van der Waals surface area (Å²) in [5.41, 5.74) is 0.713. The molecule has 0 spiro atoms. The van der Waals surface area contributed by atoms with Gasteiger partial charge in [0.1, 0.15) is 18.1 Å². The molecule has 0 saturated heterocycles. The van der Waals surface area contributed by atoms with Gasteiger partial charge in [0.2, 0.25) is 0 Å². The van der Waals surface area contributed by atoms with Gasteiger partial charge in [-0.3, -0.25) is 0 Å². The smallest absolute Gasteiger partial charge is 0.159 e. The summed E-state index contributed by atoms with van der Waals surface area (Å²) in [4.78, 5) is 0. The van der Waals surface area contributed by atoms with E-state index in [4.69, 9.17) is 9.15 Å². The summed E-state index contributed by atoms with van der Waals surface area (Å²) in [6.07, 6.45) is 0.519. The van der Waals surface area contributed by atoms with Crippen molar-refractivity contribution in [2.75, 3.05) is 13.7 Å². The van der Waals surface area contributed by atoms with Gasteiger partial charge >= 0.3 is 0 Å². The minimum absolute atomic E-state index is 0.0922. The number of furan rings is 1. The zero-order valence-electron chi connectivity index (χ0n) is 12.2. The van der Waals surface area contributed by atoms with Crippen LogP contribution >= 0.6 is 0 Å². The first kappa shape index (κ1) is 15.7. The van der Waals surface area contributed by atoms with Crippen molar-refractivity contribution in [3.05, 3.63) is 59.1 Å². The van der Waals surface area contributed by atoms with Gasteiger partial charge in [0.15, 0.2) is 11.6 Å². The first-order valence-corrected chi connectivity index (χ1v) is 6.89. The van der Waals surface area contributed by atoms with Gasteiger partial charge in [-0.25, -0.2) is 8.78 Å². The molecule has 0 bridgehead atoms. The highest BCUT2D eigenvalue weighted by Gasteiger charge is 2.16. The molecule has 0 aliphatic carbocycles. The second-order valence-electron chi connectivity index (χ2n) is 4.80. The van der Waals surface area contributed by atoms with Gasteiger partial charge in [-0.15, -0.1) is 0 Å². The molecule has 0 amide bonds. The lowest BCUT2D eigenvalue weighted by Crippen LogP contribution is -2.22. The van der Waals surface area contributed by atoms with Crippen LogP contribution in [0.2, 0.25) is 0 Å². The van der Waals surface area contributed by atoms with Gasteiger partial charge in [0.25, 0.3) is 0 Å². The van der Waals surface area contributed by atoms with Crippen LogP contribution in [0.5, 0.6) is 0 Å². The Bertz CT molecular complexity index is 583. The Morgan fingerprint density at radius 3 is 2.67 bits per heavy atom. The van der Waals surface area contributed by atoms with Gasteiger partial charge in [-0.05, 0) is 42.8 Å². The number of hydrogen-bond donors (Lipinski definition) is 1. The van der Waals surface area contributed by atoms with E-state index in [9.17, 15) is 8.78 Å². The summed E-state index contributed by atoms with van der Waals surface area (Å²) in [5, 5.41) is 3.29. The highest BCUT2D eigenvalue weighted by molar-refractivity contribution is 5.21. The molecule has 1 unspecified atom stereocenters. The molecule has 1 N–H and O–H groups in total. The molecule has 0 fully saturated rings. The van der Waals surface area contributed by atoms with E-state index in [1.54, 1.807) is 13.2 Å². The lowest BCUT2D eigenvalue weighted by atomic mass is 10.0. The summed E-state index contributed by atoms with van der Waals surface area (Å²) in [6.45, 7) is 3.13. The van der Waals surface area contributed by atoms with Crippen molar-refractivity contribution in [2.45, 2.75) is 26.0 Å². The minimum atomic E-state index is -0.834. The van der Waals surface area contributed by atoms with Crippen LogP contribution in [-0.2, 0) is 17.8 Å². The zero-order valence-corrected chi connectivity index (χ0v) is 12.2. The van der Waals surface area contributed by atoms with Crippen LogP contribution in [-0.4, -0.2) is 13.7 Å². The highest BCUT2D eigenvalue weighted by Crippen LogP contribution is 2.22. The number of likely N-dealkylation sites (N-methyl/N-ethyl adjacent to an activating group) is 1. The van der Waals surface area contributed by atoms with Crippen LogP contribution in [0.15, 0.2) is 34.7 Å². The fourth-order valence-corrected chi connectivity index (χ4v) is 2.22. The van der Waals surface area contributed by atoms with E-state index in [0.29, 0.717) is 18.6 Å². The first-order chi connectivity index (χ1) is 10.1. The van der Waals surface area contributed by atoms with E-state index < -0.39 is 11.6 Å². The lowest BCUT2D eigenvalue weighted by Gasteiger charge is -2.16. The number of rotatable bonds is 7. The van der Waals surface area contributed by atoms with Crippen LogP contribution in [0.25, 0.3) is 0 Å². The van der Waals surface area contributed by atoms with E-state index in [2.05, 4.69) is 5.32 Å². The maximum absolute atomic E-state index is 13.3. The van der Waals surface area contributed by atoms with E-state index in [1.165, 1.54) is 6.07 Å². The molecular weight excluding hydrogens is 276 g/mol. The molecule has 0 radical (unpaired) electrons. The number of hydrogen-bond acceptors (Lipinski definition) is 3. The van der Waals surface area contributed by atoms with E-state index in [1.807, 2.05) is 19.1 Å². The molecule has 2 rings (SSSR count). The number of methoxy groups -OCH3 is 1. The van der Waals surface area contributed by atoms with E-state index in [-0.39, 0.29) is 6.04 Å². The summed E-state index contributed by atoms with van der Waals surface area (Å²) in [6, 6.07) is 7.59. The molecule has 3 nitrogen and oxygen atoms in total. The predicted octanol–water partition coefficient (Wildman–Crippen LogP) is 3.60. The predicted molar refractivity (Wildman–Crippen MR) is 75.9 cm³/mol. The fourth-order valence-electron chi connectivity index (χ4n) is 2.22. The van der Waals surface area contributed by atoms with Gasteiger partial charge in [0.05, 0.1) is 6.04 Å². The quantitative estimate of drug-likeness (QED) is 0.847. The Morgan fingerprint density at radius 1 is 1.19 bits per heavy atom. The lowest BCUT2D eigenvalue weighted by molar-refractivity contribution is 0.161. The summed E-state index contributed by atoms with van der Waals surface area (Å²) < 4.78 is 37.0. The average Bonchev–Trinajstić information content (AvgIpc) is 2.91. The fraction of sp³-hybridized carbons (Fsp3) is 0.375. The Kier molecular flexibility index (Phi) is 5.47. The molecule has 114 valence electrons. The molecule has 1 atom stereocenters. The maximum Gasteiger partial charge on any atom is 0.159 e. The van der Waals surface area contributed by atoms with Gasteiger partial charge in [-0.1, -0.05) is 13.0 Å². The summed E-state index contributed by atoms with van der Waals surface area (Å²) >= 11 is 0. The molecular formula is C16H19F2NO2. The van der Waals surface area contributed by atoms with Crippen LogP contribution in [0.1, 0.15) is 30.0 Å². The first-order valence-electron chi connectivity index (χ1n) is 6.89. The van der Waals surface area contributed by atoms with E-state index >= 15 is 0 Å². The van der Waals surface area contributed by atoms with Crippen LogP contribution < -0.4 is 5.32 Å². The Hall–Kier alpha value is -1.72. The summed E-state index contributed by atoms with van der Waals surface area (Å²) in [5.74, 6) is -0.171. The normalized spacial score (nSPS) is 12.6. The third-order valence-corrected chi connectivity index (χ3v) is 3.19. The maximum atomic E-state index is 13.3. The van der Waals surface area contributed by atoms with Crippen molar-refractivity contribution < 1.29 is 17.9 Å². The van der Waals surface area contributed by atoms with Gasteiger partial charge < -0.3 is 14.5 Å². The molecule has 0 aliphatic rings. The third kappa shape index (κ3) is 4.12. The number of halogens is 2. The van der Waals surface area contributed by atoms with Gasteiger partial charge in [0, 0.05) is 7.11 Å². The largest absolute Gasteiger partial charge is 0.462 e. The molecule has 21 heavy (non-hydrogen) atoms. The highest BCUT2D eigenvalue weighted by atomic mass is 19.2. The zero-order chi connectivity index (χ0) is 15.2. The second-order valence-corrected chi connectivity index (χ2v) is 4.80. The standard InChI is InChI=1S/C16H19F2NO2/c1-3-19-15(16-7-5-12(21-16)10-20-2)9-11-4-6-13(17)14(18)8-11/h4-8,15,19H,3,9-10H2,1-2H3. The number of benzene rings is 1. The molecule has 0 aliphatic heterocycles. The van der Waals surface area contributed by atoms with Crippen LogP contribution in [0.4, 0.5) is 8.78 Å². The van der Waals surface area contributed by atoms with Crippen LogP contribution in [0.3, 0.4) is 0 Å². The van der Waals surface area contributed by atoms with Crippen molar-refractivity contribution in [1.29, 1.82) is 0 Å². The topological polar surface area (TPSA) is 34.4 Å². The Balaban J connectivity index is 2.15. The molecule has 1 aromatic carbocycles. The number of ether oxygens (including phenoxy) is 1. The van der Waals surface area contributed by atoms with Crippen molar-refractivity contribution >= 4 is 0 Å². The SMILES string of the molecule is CCNC(Cc1ccc(F)c(F)c1)c1ccc(COC)o1. The minimum Gasteiger partial charge on any atom is -0.462 e. The van der Waals surface area contributed by atoms with Crippen molar-refractivity contribution in [3.8, 4) is 0 Å². The molecule has 5 heteroatoms. The van der Waals surface area contributed by atoms with Crippen LogP contribution in [0, 0.1) is 11.6 Å². The third-order valence-electron chi connectivity index (χ3n) is 3.19. The number of nitrogens with one attached hydrogen (secondary N) is 1. The summed E-state index contributed by atoms with van der Waals surface area (Å²) in [7, 11) is 1.60. The second kappa shape index (κ2) is 7.33. The molecule has 1 aromatic heterocycles. The van der Waals surface area contributed by atoms with E-state index in [0.717, 1.165) is 24.1 Å². The Morgan fingerprint density at radius 2 is 2.00 bits per heavy atom.